The number of rotatable bonds is 5. The maximum absolute atomic E-state index is 11.1. The largest absolute Gasteiger partial charge is 0.459 e. The van der Waals surface area contributed by atoms with E-state index in [9.17, 15) is 10.1 Å². The molecule has 0 aliphatic carbocycles. The summed E-state index contributed by atoms with van der Waals surface area (Å²) in [7, 11) is 0. The topological polar surface area (TPSA) is 84.4 Å². The van der Waals surface area contributed by atoms with Crippen molar-refractivity contribution in [2.45, 2.75) is 32.0 Å². The number of benzene rings is 1. The quantitative estimate of drug-likeness (QED) is 0.374. The van der Waals surface area contributed by atoms with Crippen LogP contribution in [-0.4, -0.2) is 26.0 Å². The van der Waals surface area contributed by atoms with Crippen LogP contribution in [0.3, 0.4) is 0 Å². The van der Waals surface area contributed by atoms with E-state index in [1.807, 2.05) is 30.3 Å². The number of furan rings is 1. The average molecular weight is 408 g/mol. The summed E-state index contributed by atoms with van der Waals surface area (Å²) in [4.78, 5) is 17.3. The average Bonchev–Trinajstić information content (AvgIpc) is 3.33. The predicted octanol–water partition coefficient (Wildman–Crippen LogP) is 4.63. The fraction of sp³-hybridized carbons (Fsp3) is 0.238. The molecular weight excluding hydrogens is 388 g/mol. The van der Waals surface area contributed by atoms with Gasteiger partial charge in [-0.3, -0.25) is 15.1 Å². The number of thiocarbonyl (C=S) groups is 1. The summed E-state index contributed by atoms with van der Waals surface area (Å²) in [5.74, 6) is 1.30. The summed E-state index contributed by atoms with van der Waals surface area (Å²) in [5, 5.41) is 15.1. The standard InChI is InChI=1S/C21H20N4O3S/c1-13(2)24-20(19(23-21(24)29)16-8-3-4-11-22-16)18-10-9-17(28-18)14-6-5-7-15(12-14)25(26)27/h3-13,19-20H,1-2H3,(H,23,29)/t19-,20+/m0/s1. The normalized spacial score (nSPS) is 18.9. The van der Waals surface area contributed by atoms with E-state index in [2.05, 4.69) is 29.0 Å². The van der Waals surface area contributed by atoms with Gasteiger partial charge in [-0.2, -0.15) is 0 Å². The van der Waals surface area contributed by atoms with E-state index >= 15 is 0 Å². The van der Waals surface area contributed by atoms with Crippen LogP contribution in [0.25, 0.3) is 11.3 Å². The van der Waals surface area contributed by atoms with E-state index in [4.69, 9.17) is 16.6 Å². The second kappa shape index (κ2) is 7.63. The third-order valence-electron chi connectivity index (χ3n) is 4.95. The molecule has 0 saturated carbocycles. The summed E-state index contributed by atoms with van der Waals surface area (Å²) in [6.45, 7) is 4.15. The maximum atomic E-state index is 11.1. The van der Waals surface area contributed by atoms with E-state index in [0.717, 1.165) is 11.5 Å². The highest BCUT2D eigenvalue weighted by Crippen LogP contribution is 2.41. The zero-order chi connectivity index (χ0) is 20.5. The van der Waals surface area contributed by atoms with Gasteiger partial charge in [0.05, 0.1) is 16.7 Å². The van der Waals surface area contributed by atoms with Crippen molar-refractivity contribution in [1.82, 2.24) is 15.2 Å². The Kier molecular flexibility index (Phi) is 5.02. The van der Waals surface area contributed by atoms with Gasteiger partial charge >= 0.3 is 0 Å². The van der Waals surface area contributed by atoms with E-state index in [1.54, 1.807) is 18.3 Å². The highest BCUT2D eigenvalue weighted by atomic mass is 32.1. The summed E-state index contributed by atoms with van der Waals surface area (Å²) in [6.07, 6.45) is 1.76. The molecule has 148 valence electrons. The molecule has 1 aromatic carbocycles. The molecular formula is C21H20N4O3S. The first kappa shape index (κ1) is 19.1. The van der Waals surface area contributed by atoms with E-state index in [1.165, 1.54) is 12.1 Å². The van der Waals surface area contributed by atoms with E-state index in [0.29, 0.717) is 16.4 Å². The first-order valence-corrected chi connectivity index (χ1v) is 9.71. The van der Waals surface area contributed by atoms with Crippen LogP contribution in [0.4, 0.5) is 5.69 Å². The highest BCUT2D eigenvalue weighted by Gasteiger charge is 2.42. The van der Waals surface area contributed by atoms with E-state index in [-0.39, 0.29) is 23.8 Å². The van der Waals surface area contributed by atoms with Crippen LogP contribution in [0.2, 0.25) is 0 Å². The molecule has 3 aromatic rings. The van der Waals surface area contributed by atoms with Gasteiger partial charge in [0.25, 0.3) is 5.69 Å². The molecule has 1 saturated heterocycles. The molecule has 0 unspecified atom stereocenters. The summed E-state index contributed by atoms with van der Waals surface area (Å²) < 4.78 is 6.18. The van der Waals surface area contributed by atoms with Crippen molar-refractivity contribution in [3.05, 3.63) is 82.4 Å². The molecule has 2 atom stereocenters. The molecule has 1 fully saturated rings. The third kappa shape index (κ3) is 3.58. The molecule has 0 spiro atoms. The number of nitro benzene ring substituents is 1. The molecule has 7 nitrogen and oxygen atoms in total. The van der Waals surface area contributed by atoms with Crippen LogP contribution >= 0.6 is 12.2 Å². The van der Waals surface area contributed by atoms with Crippen LogP contribution in [0.5, 0.6) is 0 Å². The van der Waals surface area contributed by atoms with Gasteiger partial charge in [0.2, 0.25) is 0 Å². The Morgan fingerprint density at radius 3 is 2.72 bits per heavy atom. The molecule has 2 aromatic heterocycles. The van der Waals surface area contributed by atoms with Crippen molar-refractivity contribution < 1.29 is 9.34 Å². The lowest BCUT2D eigenvalue weighted by molar-refractivity contribution is -0.384. The van der Waals surface area contributed by atoms with E-state index < -0.39 is 4.92 Å². The lowest BCUT2D eigenvalue weighted by atomic mass is 10.0. The number of non-ortho nitro benzene ring substituents is 1. The number of nitrogens with one attached hydrogen (secondary N) is 1. The number of nitro groups is 1. The Hall–Kier alpha value is -3.26. The van der Waals surface area contributed by atoms with Gasteiger partial charge in [-0.05, 0) is 50.3 Å². The van der Waals surface area contributed by atoms with Gasteiger partial charge in [-0.25, -0.2) is 0 Å². The van der Waals surface area contributed by atoms with Crippen LogP contribution in [-0.2, 0) is 0 Å². The molecule has 0 radical (unpaired) electrons. The number of hydrogen-bond acceptors (Lipinski definition) is 5. The zero-order valence-electron chi connectivity index (χ0n) is 16.0. The fourth-order valence-electron chi connectivity index (χ4n) is 3.67. The van der Waals surface area contributed by atoms with Crippen molar-refractivity contribution in [2.75, 3.05) is 0 Å². The minimum Gasteiger partial charge on any atom is -0.459 e. The zero-order valence-corrected chi connectivity index (χ0v) is 16.8. The SMILES string of the molecule is CC(C)N1C(=S)N[C@@H](c2ccccn2)[C@H]1c1ccc(-c2cccc([N+](=O)[O-])c2)o1. The fourth-order valence-corrected chi connectivity index (χ4v) is 4.12. The summed E-state index contributed by atoms with van der Waals surface area (Å²) >= 11 is 5.59. The van der Waals surface area contributed by atoms with Gasteiger partial charge < -0.3 is 14.6 Å². The van der Waals surface area contributed by atoms with Gasteiger partial charge in [0.15, 0.2) is 5.11 Å². The molecule has 1 aliphatic heterocycles. The molecule has 1 aliphatic rings. The van der Waals surface area contributed by atoms with Gasteiger partial charge in [0.1, 0.15) is 17.6 Å². The Balaban J connectivity index is 1.74. The van der Waals surface area contributed by atoms with Crippen LogP contribution in [0.1, 0.15) is 37.4 Å². The maximum Gasteiger partial charge on any atom is 0.270 e. The second-order valence-corrected chi connectivity index (χ2v) is 7.52. The third-order valence-corrected chi connectivity index (χ3v) is 5.28. The number of pyridine rings is 1. The van der Waals surface area contributed by atoms with Crippen molar-refractivity contribution >= 4 is 23.0 Å². The molecule has 8 heteroatoms. The van der Waals surface area contributed by atoms with Crippen molar-refractivity contribution in [3.63, 3.8) is 0 Å². The van der Waals surface area contributed by atoms with Crippen LogP contribution in [0, 0.1) is 10.1 Å². The van der Waals surface area contributed by atoms with Crippen molar-refractivity contribution in [1.29, 1.82) is 0 Å². The monoisotopic (exact) mass is 408 g/mol. The number of aromatic nitrogens is 1. The minimum absolute atomic E-state index is 0.0272. The van der Waals surface area contributed by atoms with Crippen molar-refractivity contribution in [3.8, 4) is 11.3 Å². The molecule has 0 bridgehead atoms. The predicted molar refractivity (Wildman–Crippen MR) is 113 cm³/mol. The van der Waals surface area contributed by atoms with Crippen LogP contribution in [0.15, 0.2) is 65.2 Å². The molecule has 1 N–H and O–H groups in total. The van der Waals surface area contributed by atoms with Gasteiger partial charge in [-0.15, -0.1) is 0 Å². The Labute approximate surface area is 173 Å². The van der Waals surface area contributed by atoms with Gasteiger partial charge in [0, 0.05) is 29.9 Å². The summed E-state index contributed by atoms with van der Waals surface area (Å²) in [5.41, 5.74) is 1.56. The molecule has 29 heavy (non-hydrogen) atoms. The van der Waals surface area contributed by atoms with Gasteiger partial charge in [-0.1, -0.05) is 18.2 Å². The lowest BCUT2D eigenvalue weighted by Gasteiger charge is -2.29. The molecule has 3 heterocycles. The minimum atomic E-state index is -0.412. The van der Waals surface area contributed by atoms with Crippen molar-refractivity contribution in [2.24, 2.45) is 0 Å². The Bertz CT molecular complexity index is 1050. The smallest absolute Gasteiger partial charge is 0.270 e. The first-order chi connectivity index (χ1) is 14.0. The first-order valence-electron chi connectivity index (χ1n) is 9.30. The lowest BCUT2D eigenvalue weighted by Crippen LogP contribution is -2.35. The molecule has 0 amide bonds. The Morgan fingerprint density at radius 1 is 1.21 bits per heavy atom. The number of nitrogens with zero attached hydrogens (tertiary/aromatic N) is 3. The second-order valence-electron chi connectivity index (χ2n) is 7.14. The number of hydrogen-bond donors (Lipinski definition) is 1. The molecule has 4 rings (SSSR count). The van der Waals surface area contributed by atoms with Crippen LogP contribution < -0.4 is 5.32 Å². The highest BCUT2D eigenvalue weighted by molar-refractivity contribution is 7.80. The summed E-state index contributed by atoms with van der Waals surface area (Å²) in [6, 6.07) is 15.8. The Morgan fingerprint density at radius 2 is 2.03 bits per heavy atom.